The predicted molar refractivity (Wildman–Crippen MR) is 137 cm³/mol. The number of aromatic nitrogens is 3. The predicted octanol–water partition coefficient (Wildman–Crippen LogP) is 2.54. The Morgan fingerprint density at radius 1 is 0.973 bits per heavy atom. The van der Waals surface area contributed by atoms with Gasteiger partial charge in [-0.1, -0.05) is 36.4 Å². The van der Waals surface area contributed by atoms with Gasteiger partial charge in [-0.05, 0) is 61.6 Å². The molecule has 0 radical (unpaired) electrons. The van der Waals surface area contributed by atoms with Gasteiger partial charge >= 0.3 is 11.4 Å². The number of carbonyl (C=O) groups excluding carboxylic acids is 2. The van der Waals surface area contributed by atoms with Crippen LogP contribution in [-0.4, -0.2) is 30.9 Å². The zero-order valence-corrected chi connectivity index (χ0v) is 21.1. The van der Waals surface area contributed by atoms with E-state index < -0.39 is 34.7 Å². The van der Waals surface area contributed by atoms with E-state index in [0.29, 0.717) is 16.8 Å². The second-order valence-electron chi connectivity index (χ2n) is 10.6. The summed E-state index contributed by atoms with van der Waals surface area (Å²) in [7, 11) is 1.45. The van der Waals surface area contributed by atoms with Crippen LogP contribution in [0.3, 0.4) is 0 Å². The van der Waals surface area contributed by atoms with Gasteiger partial charge in [-0.2, -0.15) is 0 Å². The molecule has 2 aromatic carbocycles. The van der Waals surface area contributed by atoms with Crippen molar-refractivity contribution >= 4 is 17.5 Å². The molecule has 2 amide bonds. The molecule has 6 rings (SSSR count). The minimum absolute atomic E-state index is 0.184. The third kappa shape index (κ3) is 2.91. The van der Waals surface area contributed by atoms with Gasteiger partial charge in [-0.25, -0.2) is 28.4 Å². The summed E-state index contributed by atoms with van der Waals surface area (Å²) in [5, 5.41) is 10.5. The fraction of sp³-hybridized carbons (Fsp3) is 0.357. The zero-order chi connectivity index (χ0) is 26.4. The van der Waals surface area contributed by atoms with Crippen molar-refractivity contribution in [2.75, 3.05) is 4.90 Å². The number of hydrogen-bond donors (Lipinski definition) is 1. The number of amides is 2. The normalized spacial score (nSPS) is 26.5. The number of carbonyl (C=O) groups is 2. The first-order valence-electron chi connectivity index (χ1n) is 12.4. The SMILES string of the molecule is Cc1cc(C2C3=CCn4c(=O)n(C)c(=O)n4C3CC3C(=O)N(c4ccccc4)C(=O)C32C)cc(C)c1O. The molecule has 3 aliphatic rings. The molecule has 1 aliphatic carbocycles. The van der Waals surface area contributed by atoms with Crippen molar-refractivity contribution in [3.8, 4) is 5.75 Å². The molecular weight excluding hydrogens is 472 g/mol. The highest BCUT2D eigenvalue weighted by atomic mass is 16.3. The number of aryl methyl sites for hydroxylation is 2. The summed E-state index contributed by atoms with van der Waals surface area (Å²) in [4.78, 5) is 55.4. The summed E-state index contributed by atoms with van der Waals surface area (Å²) in [6.45, 7) is 5.64. The Kier molecular flexibility index (Phi) is 4.83. The van der Waals surface area contributed by atoms with Crippen molar-refractivity contribution in [3.63, 3.8) is 0 Å². The first-order valence-corrected chi connectivity index (χ1v) is 12.4. The summed E-state index contributed by atoms with van der Waals surface area (Å²) < 4.78 is 3.93. The molecule has 0 bridgehead atoms. The number of aromatic hydroxyl groups is 1. The van der Waals surface area contributed by atoms with E-state index in [2.05, 4.69) is 0 Å². The molecular formula is C28H28N4O5. The second kappa shape index (κ2) is 7.68. The summed E-state index contributed by atoms with van der Waals surface area (Å²) in [5.74, 6) is -1.66. The van der Waals surface area contributed by atoms with Gasteiger partial charge in [-0.3, -0.25) is 9.59 Å². The van der Waals surface area contributed by atoms with Crippen molar-refractivity contribution in [1.29, 1.82) is 0 Å². The van der Waals surface area contributed by atoms with Gasteiger partial charge in [0.15, 0.2) is 0 Å². The molecule has 190 valence electrons. The van der Waals surface area contributed by atoms with Gasteiger partial charge in [0.25, 0.3) is 0 Å². The Bertz CT molecular complexity index is 1620. The molecule has 1 saturated heterocycles. The Balaban J connectivity index is 1.61. The van der Waals surface area contributed by atoms with E-state index in [1.165, 1.54) is 21.3 Å². The Labute approximate surface area is 212 Å². The maximum atomic E-state index is 14.2. The van der Waals surface area contributed by atoms with E-state index in [9.17, 15) is 24.3 Å². The number of anilines is 1. The van der Waals surface area contributed by atoms with Crippen LogP contribution >= 0.6 is 0 Å². The molecule has 3 aromatic rings. The summed E-state index contributed by atoms with van der Waals surface area (Å²) >= 11 is 0. The average molecular weight is 501 g/mol. The van der Waals surface area contributed by atoms with Crippen LogP contribution in [0.25, 0.3) is 0 Å². The van der Waals surface area contributed by atoms with Crippen LogP contribution in [0.4, 0.5) is 5.69 Å². The van der Waals surface area contributed by atoms with Crippen LogP contribution in [0.5, 0.6) is 5.75 Å². The van der Waals surface area contributed by atoms with E-state index in [0.717, 1.165) is 15.7 Å². The summed E-state index contributed by atoms with van der Waals surface area (Å²) in [6, 6.07) is 12.0. The topological polar surface area (TPSA) is 107 Å². The van der Waals surface area contributed by atoms with Crippen LogP contribution in [0.1, 0.15) is 42.0 Å². The third-order valence-electron chi connectivity index (χ3n) is 8.59. The fourth-order valence-electron chi connectivity index (χ4n) is 6.75. The van der Waals surface area contributed by atoms with Gasteiger partial charge in [0, 0.05) is 13.0 Å². The highest BCUT2D eigenvalue weighted by Gasteiger charge is 2.65. The van der Waals surface area contributed by atoms with E-state index in [1.54, 1.807) is 38.1 Å². The summed E-state index contributed by atoms with van der Waals surface area (Å²) in [5.41, 5.74) is 1.50. The van der Waals surface area contributed by atoms with E-state index in [4.69, 9.17) is 0 Å². The van der Waals surface area contributed by atoms with Crippen molar-refractivity contribution in [2.45, 2.75) is 45.7 Å². The Morgan fingerprint density at radius 3 is 2.27 bits per heavy atom. The van der Waals surface area contributed by atoms with Gasteiger partial charge < -0.3 is 5.11 Å². The molecule has 0 spiro atoms. The van der Waals surface area contributed by atoms with Crippen molar-refractivity contribution in [3.05, 3.63) is 91.8 Å². The second-order valence-corrected chi connectivity index (χ2v) is 10.6. The van der Waals surface area contributed by atoms with Gasteiger partial charge in [0.2, 0.25) is 11.8 Å². The number of hydrogen-bond acceptors (Lipinski definition) is 5. The number of para-hydroxylation sites is 1. The highest BCUT2D eigenvalue weighted by Crippen LogP contribution is 2.61. The standard InChI is InChI=1S/C28H28N4O5/c1-15-12-17(13-16(2)23(15)33)22-19-10-11-30-26(36)29(4)27(37)32(30)21(19)14-20-24(34)31(25(35)28(20,22)3)18-8-6-5-7-9-18/h5-10,12-13,20-22,33H,11,14H2,1-4H3. The first kappa shape index (κ1) is 23.3. The van der Waals surface area contributed by atoms with Crippen LogP contribution in [0, 0.1) is 25.2 Å². The molecule has 4 unspecified atom stereocenters. The fourth-order valence-corrected chi connectivity index (χ4v) is 6.75. The molecule has 1 aromatic heterocycles. The van der Waals surface area contributed by atoms with Gasteiger partial charge in [0.1, 0.15) is 5.75 Å². The highest BCUT2D eigenvalue weighted by molar-refractivity contribution is 6.24. The monoisotopic (exact) mass is 500 g/mol. The lowest BCUT2D eigenvalue weighted by molar-refractivity contribution is -0.129. The molecule has 1 saturated carbocycles. The first-order chi connectivity index (χ1) is 17.6. The number of rotatable bonds is 2. The quantitative estimate of drug-likeness (QED) is 0.430. The van der Waals surface area contributed by atoms with Crippen LogP contribution < -0.4 is 16.3 Å². The smallest absolute Gasteiger partial charge is 0.347 e. The number of phenolic OH excluding ortho intramolecular Hbond substituents is 1. The largest absolute Gasteiger partial charge is 0.507 e. The lowest BCUT2D eigenvalue weighted by Gasteiger charge is -2.47. The maximum Gasteiger partial charge on any atom is 0.347 e. The maximum absolute atomic E-state index is 14.2. The van der Waals surface area contributed by atoms with Crippen molar-refractivity contribution in [1.82, 2.24) is 13.9 Å². The molecule has 2 fully saturated rings. The zero-order valence-electron chi connectivity index (χ0n) is 21.1. The summed E-state index contributed by atoms with van der Waals surface area (Å²) in [6.07, 6.45) is 2.16. The molecule has 37 heavy (non-hydrogen) atoms. The number of imide groups is 1. The molecule has 9 nitrogen and oxygen atoms in total. The minimum atomic E-state index is -1.12. The third-order valence-corrected chi connectivity index (χ3v) is 8.59. The van der Waals surface area contributed by atoms with Gasteiger partial charge in [-0.15, -0.1) is 0 Å². The number of phenols is 1. The molecule has 3 heterocycles. The minimum Gasteiger partial charge on any atom is -0.507 e. The van der Waals surface area contributed by atoms with Crippen LogP contribution in [-0.2, 0) is 23.2 Å². The van der Waals surface area contributed by atoms with Crippen molar-refractivity contribution < 1.29 is 14.7 Å². The molecule has 1 N–H and O–H groups in total. The van der Waals surface area contributed by atoms with Gasteiger partial charge in [0.05, 0.1) is 29.6 Å². The Morgan fingerprint density at radius 2 is 1.62 bits per heavy atom. The molecule has 9 heteroatoms. The lowest BCUT2D eigenvalue weighted by Crippen LogP contribution is -2.49. The number of nitrogens with zero attached hydrogens (tertiary/aromatic N) is 4. The van der Waals surface area contributed by atoms with Crippen LogP contribution in [0.2, 0.25) is 0 Å². The van der Waals surface area contributed by atoms with E-state index >= 15 is 0 Å². The van der Waals surface area contributed by atoms with Crippen molar-refractivity contribution in [2.24, 2.45) is 18.4 Å². The van der Waals surface area contributed by atoms with E-state index in [-0.39, 0.29) is 30.5 Å². The number of benzene rings is 2. The van der Waals surface area contributed by atoms with E-state index in [1.807, 2.05) is 31.2 Å². The number of allylic oxidation sites excluding steroid dienone is 2. The Hall–Kier alpha value is -4.14. The number of fused-ring (bicyclic) bond motifs is 4. The lowest BCUT2D eigenvalue weighted by atomic mass is 9.56. The molecule has 4 atom stereocenters. The average Bonchev–Trinajstić information content (AvgIpc) is 3.22. The van der Waals surface area contributed by atoms with Crippen LogP contribution in [0.15, 0.2) is 63.7 Å². The molecule has 2 aliphatic heterocycles.